The van der Waals surface area contributed by atoms with Gasteiger partial charge in [0.05, 0.1) is 0 Å². The number of fused-ring (bicyclic) bond motifs is 14. The molecule has 5 aliphatic rings. The van der Waals surface area contributed by atoms with Crippen LogP contribution < -0.4 is 0 Å². The molecule has 1 spiro atoms. The molecule has 0 aliphatic heterocycles. The van der Waals surface area contributed by atoms with E-state index in [1.54, 1.807) is 12.8 Å². The van der Waals surface area contributed by atoms with Crippen LogP contribution in [0.15, 0.2) is 0 Å². The second-order valence-corrected chi connectivity index (χ2v) is 19.8. The molecule has 5 aliphatic carbocycles. The highest BCUT2D eigenvalue weighted by molar-refractivity contribution is 5.13. The fourth-order valence-electron chi connectivity index (χ4n) is 12.3. The monoisotopic (exact) mass is 569 g/mol. The predicted octanol–water partition coefficient (Wildman–Crippen LogP) is 13.2. The Kier molecular flexibility index (Phi) is 10.6. The molecule has 5 rings (SSSR count). The van der Waals surface area contributed by atoms with Crippen molar-refractivity contribution < 1.29 is 0 Å². The average Bonchev–Trinajstić information content (AvgIpc) is 3.15. The molecule has 3 bridgehead atoms. The molecule has 0 nitrogen and oxygen atoms in total. The van der Waals surface area contributed by atoms with Gasteiger partial charge in [0.1, 0.15) is 0 Å². The van der Waals surface area contributed by atoms with Gasteiger partial charge in [0.25, 0.3) is 0 Å². The topological polar surface area (TPSA) is 0 Å². The Morgan fingerprint density at radius 2 is 1.32 bits per heavy atom. The van der Waals surface area contributed by atoms with Crippen LogP contribution in [0, 0.1) is 80.8 Å². The van der Waals surface area contributed by atoms with Gasteiger partial charge in [-0.1, -0.05) is 128 Å². The Morgan fingerprint density at radius 1 is 0.707 bits per heavy atom. The standard InChI is InChI=1S/C41H76/c1-28(2)36-20-19-34(24-38(8,9)10)18-16-14-13-15-17-29(3)31(5)30(4)23-39(11)26-41(27-39)22-21-35(25-41)37(36)40(12)32(6)33(40)7/h28-37H,13-27H2,1-12H3. The smallest absolute Gasteiger partial charge is 0.0235 e. The van der Waals surface area contributed by atoms with E-state index in [-0.39, 0.29) is 0 Å². The molecule has 9 atom stereocenters. The van der Waals surface area contributed by atoms with Crippen molar-refractivity contribution in [1.82, 2.24) is 0 Å². The molecule has 0 N–H and O–H groups in total. The molecule has 0 aromatic carbocycles. The molecule has 0 saturated heterocycles. The first-order valence-corrected chi connectivity index (χ1v) is 19.0. The first-order valence-electron chi connectivity index (χ1n) is 19.0. The van der Waals surface area contributed by atoms with Gasteiger partial charge in [-0.05, 0) is 132 Å². The van der Waals surface area contributed by atoms with Gasteiger partial charge in [0.15, 0.2) is 0 Å². The minimum absolute atomic E-state index is 0.452. The summed E-state index contributed by atoms with van der Waals surface area (Å²) in [5, 5.41) is 0. The summed E-state index contributed by atoms with van der Waals surface area (Å²) in [5.74, 6) is 9.03. The summed E-state index contributed by atoms with van der Waals surface area (Å²) < 4.78 is 0. The van der Waals surface area contributed by atoms with Gasteiger partial charge in [0.2, 0.25) is 0 Å². The van der Waals surface area contributed by atoms with E-state index in [4.69, 9.17) is 0 Å². The van der Waals surface area contributed by atoms with E-state index in [0.717, 1.165) is 59.2 Å². The van der Waals surface area contributed by atoms with E-state index in [1.165, 1.54) is 83.5 Å². The van der Waals surface area contributed by atoms with Crippen LogP contribution in [0.4, 0.5) is 0 Å². The third-order valence-corrected chi connectivity index (χ3v) is 14.9. The van der Waals surface area contributed by atoms with Crippen LogP contribution in [0.2, 0.25) is 0 Å². The maximum atomic E-state index is 2.74. The van der Waals surface area contributed by atoms with Crippen molar-refractivity contribution in [2.24, 2.45) is 80.8 Å². The van der Waals surface area contributed by atoms with E-state index in [2.05, 4.69) is 83.1 Å². The highest BCUT2D eigenvalue weighted by atomic mass is 14.7. The molecule has 0 amide bonds. The van der Waals surface area contributed by atoms with Gasteiger partial charge in [-0.2, -0.15) is 0 Å². The lowest BCUT2D eigenvalue weighted by Crippen LogP contribution is -2.45. The molecule has 0 radical (unpaired) electrons. The quantitative estimate of drug-likeness (QED) is 0.317. The molecule has 41 heavy (non-hydrogen) atoms. The normalized spacial score (nSPS) is 49.0. The van der Waals surface area contributed by atoms with Crippen LogP contribution in [-0.2, 0) is 0 Å². The zero-order chi connectivity index (χ0) is 30.4. The third kappa shape index (κ3) is 7.63. The molecule has 9 unspecified atom stereocenters. The molecular weight excluding hydrogens is 492 g/mol. The number of rotatable bonds is 3. The summed E-state index contributed by atoms with van der Waals surface area (Å²) in [6.07, 6.45) is 22.4. The lowest BCUT2D eigenvalue weighted by atomic mass is 9.49. The summed E-state index contributed by atoms with van der Waals surface area (Å²) >= 11 is 0. The van der Waals surface area contributed by atoms with Crippen molar-refractivity contribution in [1.29, 1.82) is 0 Å². The van der Waals surface area contributed by atoms with Crippen molar-refractivity contribution >= 4 is 0 Å². The van der Waals surface area contributed by atoms with Crippen LogP contribution in [0.25, 0.3) is 0 Å². The first kappa shape index (κ1) is 33.9. The maximum absolute atomic E-state index is 2.74. The predicted molar refractivity (Wildman–Crippen MR) is 182 cm³/mol. The Morgan fingerprint density at radius 3 is 1.88 bits per heavy atom. The Balaban J connectivity index is 1.58. The summed E-state index contributed by atoms with van der Waals surface area (Å²) in [5.41, 5.74) is 2.34. The SMILES string of the molecule is CC(C)C1CCC(CC(C)(C)C)CCCCCCC(C)C(C)C(C)CC2(C)CC3(CCC(C3)C1C1(C)C(C)C1C)C2. The van der Waals surface area contributed by atoms with Crippen LogP contribution in [0.1, 0.15) is 179 Å². The van der Waals surface area contributed by atoms with Crippen molar-refractivity contribution in [2.45, 2.75) is 179 Å². The molecule has 5 fully saturated rings. The third-order valence-electron chi connectivity index (χ3n) is 14.9. The van der Waals surface area contributed by atoms with Crippen molar-refractivity contribution in [3.8, 4) is 0 Å². The van der Waals surface area contributed by atoms with Crippen molar-refractivity contribution in [3.63, 3.8) is 0 Å². The summed E-state index contributed by atoms with van der Waals surface area (Å²) in [6, 6.07) is 0. The second kappa shape index (κ2) is 12.8. The van der Waals surface area contributed by atoms with E-state index in [0.29, 0.717) is 21.7 Å². The maximum Gasteiger partial charge on any atom is -0.0235 e. The van der Waals surface area contributed by atoms with Crippen molar-refractivity contribution in [2.75, 3.05) is 0 Å². The van der Waals surface area contributed by atoms with E-state index >= 15 is 0 Å². The Hall–Kier alpha value is 0. The van der Waals surface area contributed by atoms with Crippen LogP contribution in [0.3, 0.4) is 0 Å². The van der Waals surface area contributed by atoms with Gasteiger partial charge in [-0.15, -0.1) is 0 Å². The van der Waals surface area contributed by atoms with Gasteiger partial charge in [0, 0.05) is 0 Å². The van der Waals surface area contributed by atoms with Crippen LogP contribution in [0.5, 0.6) is 0 Å². The summed E-state index contributed by atoms with van der Waals surface area (Å²) in [7, 11) is 0. The highest BCUT2D eigenvalue weighted by Crippen LogP contribution is 2.72. The van der Waals surface area contributed by atoms with Crippen molar-refractivity contribution in [3.05, 3.63) is 0 Å². The fraction of sp³-hybridized carbons (Fsp3) is 1.00. The van der Waals surface area contributed by atoms with Gasteiger partial charge < -0.3 is 0 Å². The van der Waals surface area contributed by atoms with Crippen LogP contribution in [-0.4, -0.2) is 0 Å². The average molecular weight is 569 g/mol. The molecule has 0 heteroatoms. The molecule has 0 aromatic rings. The number of hydrogen-bond donors (Lipinski definition) is 0. The first-order chi connectivity index (χ1) is 19.0. The molecule has 0 aromatic heterocycles. The van der Waals surface area contributed by atoms with Gasteiger partial charge >= 0.3 is 0 Å². The lowest BCUT2D eigenvalue weighted by Gasteiger charge is -2.56. The minimum Gasteiger partial charge on any atom is -0.0625 e. The zero-order valence-electron chi connectivity index (χ0n) is 30.4. The van der Waals surface area contributed by atoms with Gasteiger partial charge in [-0.25, -0.2) is 0 Å². The largest absolute Gasteiger partial charge is 0.0625 e. The fourth-order valence-corrected chi connectivity index (χ4v) is 12.3. The minimum atomic E-state index is 0.452. The van der Waals surface area contributed by atoms with Crippen LogP contribution >= 0.6 is 0 Å². The van der Waals surface area contributed by atoms with E-state index in [1.807, 2.05) is 0 Å². The molecule has 0 heterocycles. The van der Waals surface area contributed by atoms with E-state index < -0.39 is 0 Å². The van der Waals surface area contributed by atoms with E-state index in [9.17, 15) is 0 Å². The highest BCUT2D eigenvalue weighted by Gasteiger charge is 2.65. The summed E-state index contributed by atoms with van der Waals surface area (Å²) in [4.78, 5) is 0. The lowest BCUT2D eigenvalue weighted by molar-refractivity contribution is -0.0524. The molecular formula is C41H76. The Labute approximate surface area is 259 Å². The zero-order valence-corrected chi connectivity index (χ0v) is 30.4. The molecule has 5 saturated carbocycles. The second-order valence-electron chi connectivity index (χ2n) is 19.8. The summed E-state index contributed by atoms with van der Waals surface area (Å²) in [6.45, 7) is 31.1. The molecule has 240 valence electrons. The number of hydrogen-bond acceptors (Lipinski definition) is 0. The Bertz CT molecular complexity index is 811. The van der Waals surface area contributed by atoms with Gasteiger partial charge in [-0.3, -0.25) is 0 Å².